The summed E-state index contributed by atoms with van der Waals surface area (Å²) >= 11 is 0. The Labute approximate surface area is 113 Å². The fourth-order valence-electron chi connectivity index (χ4n) is 1.85. The van der Waals surface area contributed by atoms with Crippen molar-refractivity contribution in [3.63, 3.8) is 0 Å². The Morgan fingerprint density at radius 1 is 1.37 bits per heavy atom. The average molecular weight is 257 g/mol. The molecular formula is C15H19N3O. The van der Waals surface area contributed by atoms with Gasteiger partial charge in [-0.25, -0.2) is 4.98 Å². The van der Waals surface area contributed by atoms with Crippen molar-refractivity contribution in [1.82, 2.24) is 4.98 Å². The molecular weight excluding hydrogens is 238 g/mol. The quantitative estimate of drug-likeness (QED) is 0.639. The van der Waals surface area contributed by atoms with Gasteiger partial charge in [0.15, 0.2) is 0 Å². The van der Waals surface area contributed by atoms with Gasteiger partial charge in [0, 0.05) is 17.0 Å². The molecule has 0 bridgehead atoms. The van der Waals surface area contributed by atoms with Gasteiger partial charge < -0.3 is 10.5 Å². The number of nitrogens with two attached hydrogens (primary N) is 1. The zero-order valence-corrected chi connectivity index (χ0v) is 11.3. The monoisotopic (exact) mass is 257 g/mol. The van der Waals surface area contributed by atoms with Crippen molar-refractivity contribution in [2.24, 2.45) is 11.7 Å². The molecule has 2 rings (SSSR count). The Kier molecular flexibility index (Phi) is 4.00. The van der Waals surface area contributed by atoms with Crippen molar-refractivity contribution < 1.29 is 4.74 Å². The van der Waals surface area contributed by atoms with Crippen molar-refractivity contribution in [3.8, 4) is 5.88 Å². The Bertz CT molecular complexity index is 593. The molecule has 0 fully saturated rings. The number of fused-ring (bicyclic) bond motifs is 1. The van der Waals surface area contributed by atoms with E-state index in [1.54, 1.807) is 6.07 Å². The summed E-state index contributed by atoms with van der Waals surface area (Å²) in [5.74, 6) is 1.16. The third-order valence-corrected chi connectivity index (χ3v) is 2.93. The number of nitrogens with zero attached hydrogens (tertiary/aromatic N) is 1. The maximum Gasteiger partial charge on any atom is 0.214 e. The molecule has 100 valence electrons. The first-order valence-corrected chi connectivity index (χ1v) is 6.45. The van der Waals surface area contributed by atoms with Crippen molar-refractivity contribution in [2.45, 2.75) is 20.3 Å². The molecule has 0 spiro atoms. The number of nitrogens with one attached hydrogen (secondary N) is 1. The molecule has 4 nitrogen and oxygen atoms in total. The lowest BCUT2D eigenvalue weighted by molar-refractivity contribution is 0.280. The van der Waals surface area contributed by atoms with Crippen LogP contribution in [0.4, 0.5) is 0 Å². The molecule has 3 N–H and O–H groups in total. The van der Waals surface area contributed by atoms with Gasteiger partial charge >= 0.3 is 0 Å². The molecule has 0 aliphatic carbocycles. The summed E-state index contributed by atoms with van der Waals surface area (Å²) in [5, 5.41) is 8.53. The number of pyridine rings is 1. The predicted molar refractivity (Wildman–Crippen MR) is 77.7 cm³/mol. The molecule has 0 saturated carbocycles. The van der Waals surface area contributed by atoms with Gasteiger partial charge in [-0.05, 0) is 18.4 Å². The number of hydrogen-bond acceptors (Lipinski definition) is 3. The van der Waals surface area contributed by atoms with Gasteiger partial charge in [0.2, 0.25) is 5.88 Å². The van der Waals surface area contributed by atoms with Gasteiger partial charge in [-0.1, -0.05) is 32.0 Å². The van der Waals surface area contributed by atoms with Crippen LogP contribution in [0.5, 0.6) is 5.88 Å². The number of benzene rings is 1. The van der Waals surface area contributed by atoms with E-state index in [2.05, 4.69) is 18.8 Å². The fraction of sp³-hybridized carbons (Fsp3) is 0.333. The molecule has 0 aliphatic rings. The molecule has 1 heterocycles. The van der Waals surface area contributed by atoms with E-state index in [-0.39, 0.29) is 5.84 Å². The summed E-state index contributed by atoms with van der Waals surface area (Å²) in [7, 11) is 0. The molecule has 0 saturated heterocycles. The molecule has 0 amide bonds. The zero-order valence-electron chi connectivity index (χ0n) is 11.3. The number of aromatic nitrogens is 1. The average Bonchev–Trinajstić information content (AvgIpc) is 2.37. The van der Waals surface area contributed by atoms with Crippen molar-refractivity contribution in [1.29, 1.82) is 5.41 Å². The van der Waals surface area contributed by atoms with Crippen molar-refractivity contribution in [2.75, 3.05) is 6.61 Å². The van der Waals surface area contributed by atoms with Crippen molar-refractivity contribution >= 4 is 16.7 Å². The van der Waals surface area contributed by atoms with Crippen LogP contribution < -0.4 is 10.5 Å². The van der Waals surface area contributed by atoms with E-state index in [9.17, 15) is 0 Å². The molecule has 0 atom stereocenters. The lowest BCUT2D eigenvalue weighted by Gasteiger charge is -2.10. The molecule has 4 heteroatoms. The summed E-state index contributed by atoms with van der Waals surface area (Å²) in [6.07, 6.45) is 0.976. The smallest absolute Gasteiger partial charge is 0.214 e. The Hall–Kier alpha value is -2.10. The Morgan fingerprint density at radius 2 is 2.11 bits per heavy atom. The normalized spacial score (nSPS) is 10.9. The summed E-state index contributed by atoms with van der Waals surface area (Å²) in [6, 6.07) is 9.38. The minimum absolute atomic E-state index is 0.0345. The summed E-state index contributed by atoms with van der Waals surface area (Å²) in [5.41, 5.74) is 7.10. The van der Waals surface area contributed by atoms with Crippen LogP contribution in [0.15, 0.2) is 30.3 Å². The zero-order chi connectivity index (χ0) is 13.8. The number of amidine groups is 1. The molecule has 1 aromatic carbocycles. The van der Waals surface area contributed by atoms with Crippen LogP contribution in [-0.4, -0.2) is 17.4 Å². The van der Waals surface area contributed by atoms with Crippen LogP contribution in [0.1, 0.15) is 25.8 Å². The van der Waals surface area contributed by atoms with Crippen LogP contribution in [0.25, 0.3) is 10.9 Å². The standard InChI is InChI=1S/C15H19N3O/c1-10(2)7-8-19-14-9-12(15(16)17)11-5-3-4-6-13(11)18-14/h3-6,9-10H,7-8H2,1-2H3,(H3,16,17). The molecule has 0 aliphatic heterocycles. The van der Waals surface area contributed by atoms with E-state index in [1.165, 1.54) is 0 Å². The van der Waals surface area contributed by atoms with Crippen LogP contribution in [0.2, 0.25) is 0 Å². The van der Waals surface area contributed by atoms with E-state index in [0.29, 0.717) is 24.0 Å². The van der Waals surface area contributed by atoms with E-state index in [0.717, 1.165) is 17.3 Å². The maximum absolute atomic E-state index is 7.65. The molecule has 0 unspecified atom stereocenters. The highest BCUT2D eigenvalue weighted by Crippen LogP contribution is 2.21. The van der Waals surface area contributed by atoms with Crippen LogP contribution >= 0.6 is 0 Å². The Morgan fingerprint density at radius 3 is 2.79 bits per heavy atom. The van der Waals surface area contributed by atoms with Gasteiger partial charge in [-0.3, -0.25) is 5.41 Å². The van der Waals surface area contributed by atoms with E-state index >= 15 is 0 Å². The minimum atomic E-state index is 0.0345. The van der Waals surface area contributed by atoms with Crippen LogP contribution in [0, 0.1) is 11.3 Å². The molecule has 19 heavy (non-hydrogen) atoms. The minimum Gasteiger partial charge on any atom is -0.478 e. The SMILES string of the molecule is CC(C)CCOc1cc(C(=N)N)c2ccccc2n1. The second kappa shape index (κ2) is 5.69. The van der Waals surface area contributed by atoms with Crippen LogP contribution in [0.3, 0.4) is 0 Å². The van der Waals surface area contributed by atoms with E-state index in [4.69, 9.17) is 15.9 Å². The van der Waals surface area contributed by atoms with E-state index in [1.807, 2.05) is 24.3 Å². The fourth-order valence-corrected chi connectivity index (χ4v) is 1.85. The predicted octanol–water partition coefficient (Wildman–Crippen LogP) is 2.94. The highest BCUT2D eigenvalue weighted by molar-refractivity contribution is 6.06. The number of hydrogen-bond donors (Lipinski definition) is 2. The lowest BCUT2D eigenvalue weighted by Crippen LogP contribution is -2.13. The second-order valence-electron chi connectivity index (χ2n) is 4.97. The Balaban J connectivity index is 2.33. The topological polar surface area (TPSA) is 72.0 Å². The third-order valence-electron chi connectivity index (χ3n) is 2.93. The third kappa shape index (κ3) is 3.22. The molecule has 2 aromatic rings. The first-order valence-electron chi connectivity index (χ1n) is 6.45. The van der Waals surface area contributed by atoms with Gasteiger partial charge in [0.05, 0.1) is 12.1 Å². The first kappa shape index (κ1) is 13.3. The van der Waals surface area contributed by atoms with Gasteiger partial charge in [0.1, 0.15) is 5.84 Å². The van der Waals surface area contributed by atoms with Gasteiger partial charge in [-0.15, -0.1) is 0 Å². The molecule has 0 radical (unpaired) electrons. The number of para-hydroxylation sites is 1. The highest BCUT2D eigenvalue weighted by Gasteiger charge is 2.08. The largest absolute Gasteiger partial charge is 0.478 e. The van der Waals surface area contributed by atoms with Crippen LogP contribution in [-0.2, 0) is 0 Å². The van der Waals surface area contributed by atoms with Gasteiger partial charge in [0.25, 0.3) is 0 Å². The first-order chi connectivity index (χ1) is 9.08. The summed E-state index contributed by atoms with van der Waals surface area (Å²) < 4.78 is 5.65. The second-order valence-corrected chi connectivity index (χ2v) is 4.97. The summed E-state index contributed by atoms with van der Waals surface area (Å²) in [6.45, 7) is 4.93. The maximum atomic E-state index is 7.65. The van der Waals surface area contributed by atoms with Crippen molar-refractivity contribution in [3.05, 3.63) is 35.9 Å². The number of ether oxygens (including phenoxy) is 1. The summed E-state index contributed by atoms with van der Waals surface area (Å²) in [4.78, 5) is 4.44. The number of rotatable bonds is 5. The van der Waals surface area contributed by atoms with Gasteiger partial charge in [-0.2, -0.15) is 0 Å². The molecule has 1 aromatic heterocycles. The lowest BCUT2D eigenvalue weighted by atomic mass is 10.1. The number of nitrogen functional groups attached to an aromatic ring is 1. The highest BCUT2D eigenvalue weighted by atomic mass is 16.5. The van der Waals surface area contributed by atoms with E-state index < -0.39 is 0 Å².